The number of hydrogen-bond donors (Lipinski definition) is 2. The quantitative estimate of drug-likeness (QED) is 0.336. The molecule has 0 radical (unpaired) electrons. The number of alkyl halides is 3. The van der Waals surface area contributed by atoms with E-state index >= 15 is 0 Å². The van der Waals surface area contributed by atoms with Gasteiger partial charge in [-0.3, -0.25) is 10.1 Å². The number of nitro benzene ring substituents is 1. The van der Waals surface area contributed by atoms with E-state index in [2.05, 4.69) is 10.0 Å². The van der Waals surface area contributed by atoms with Gasteiger partial charge in [0.15, 0.2) is 9.84 Å². The van der Waals surface area contributed by atoms with Crippen LogP contribution in [0.4, 0.5) is 24.5 Å². The fourth-order valence-electron chi connectivity index (χ4n) is 2.58. The van der Waals surface area contributed by atoms with E-state index in [9.17, 15) is 40.1 Å². The van der Waals surface area contributed by atoms with Gasteiger partial charge in [-0.1, -0.05) is 6.07 Å². The molecule has 0 saturated heterocycles. The summed E-state index contributed by atoms with van der Waals surface area (Å²) >= 11 is 0. The minimum Gasteiger partial charge on any atom is -0.378 e. The maximum atomic E-state index is 13.0. The third-order valence-electron chi connectivity index (χ3n) is 4.15. The van der Waals surface area contributed by atoms with Crippen molar-refractivity contribution in [2.24, 2.45) is 0 Å². The topological polar surface area (TPSA) is 135 Å². The Hall–Kier alpha value is -2.71. The van der Waals surface area contributed by atoms with Gasteiger partial charge in [0, 0.05) is 25.4 Å². The van der Waals surface area contributed by atoms with Crippen molar-refractivity contribution in [2.45, 2.75) is 22.9 Å². The zero-order chi connectivity index (χ0) is 23.6. The minimum atomic E-state index is -4.71. The van der Waals surface area contributed by atoms with E-state index in [-0.39, 0.29) is 29.2 Å². The molecule has 0 amide bonds. The van der Waals surface area contributed by atoms with Crippen molar-refractivity contribution in [3.63, 3.8) is 0 Å². The first-order chi connectivity index (χ1) is 14.1. The Kier molecular flexibility index (Phi) is 6.97. The highest BCUT2D eigenvalue weighted by atomic mass is 32.2. The van der Waals surface area contributed by atoms with Crippen LogP contribution in [-0.2, 0) is 26.0 Å². The van der Waals surface area contributed by atoms with E-state index in [1.165, 1.54) is 13.0 Å². The summed E-state index contributed by atoms with van der Waals surface area (Å²) in [6, 6.07) is 5.79. The van der Waals surface area contributed by atoms with Gasteiger partial charge in [-0.15, -0.1) is 0 Å². The lowest BCUT2D eigenvalue weighted by molar-refractivity contribution is -0.384. The van der Waals surface area contributed by atoms with Gasteiger partial charge in [0.25, 0.3) is 5.69 Å². The molecule has 0 heterocycles. The lowest BCUT2D eigenvalue weighted by Crippen LogP contribution is -2.29. The van der Waals surface area contributed by atoms with E-state index in [4.69, 9.17) is 0 Å². The summed E-state index contributed by atoms with van der Waals surface area (Å²) in [6.07, 6.45) is -3.82. The standard InChI is InChI=1S/C17H18F3N3O6S2/c1-11-3-4-13(9-14(11)17(18,19)20)31(28,29)22-8-7-21-15-6-5-12(30(2,26)27)10-16(15)23(24)25/h3-6,9-10,21-22H,7-8H2,1-2H3. The van der Waals surface area contributed by atoms with Crippen LogP contribution in [0.1, 0.15) is 11.1 Å². The minimum absolute atomic E-state index is 0.0497. The highest BCUT2D eigenvalue weighted by Crippen LogP contribution is 2.33. The molecule has 2 rings (SSSR count). The van der Waals surface area contributed by atoms with Crippen LogP contribution in [0.3, 0.4) is 0 Å². The van der Waals surface area contributed by atoms with E-state index in [1.807, 2.05) is 0 Å². The summed E-state index contributed by atoms with van der Waals surface area (Å²) in [4.78, 5) is 9.55. The van der Waals surface area contributed by atoms with Crippen molar-refractivity contribution in [3.05, 3.63) is 57.6 Å². The van der Waals surface area contributed by atoms with Gasteiger partial charge in [0.05, 0.1) is 20.3 Å². The molecule has 2 aromatic carbocycles. The Morgan fingerprint density at radius 2 is 1.61 bits per heavy atom. The molecule has 0 fully saturated rings. The third-order valence-corrected chi connectivity index (χ3v) is 6.72. The number of sulfonamides is 1. The van der Waals surface area contributed by atoms with Crippen molar-refractivity contribution in [3.8, 4) is 0 Å². The van der Waals surface area contributed by atoms with Crippen molar-refractivity contribution >= 4 is 31.2 Å². The Morgan fingerprint density at radius 3 is 2.16 bits per heavy atom. The molecule has 170 valence electrons. The largest absolute Gasteiger partial charge is 0.416 e. The smallest absolute Gasteiger partial charge is 0.378 e. The number of nitro groups is 1. The first-order valence-electron chi connectivity index (χ1n) is 8.53. The summed E-state index contributed by atoms with van der Waals surface area (Å²) in [5.41, 5.74) is -1.78. The molecule has 0 aliphatic heterocycles. The number of rotatable bonds is 8. The van der Waals surface area contributed by atoms with Gasteiger partial charge in [-0.25, -0.2) is 21.6 Å². The highest BCUT2D eigenvalue weighted by Gasteiger charge is 2.33. The molecule has 14 heteroatoms. The number of aryl methyl sites for hydroxylation is 1. The molecular weight excluding hydrogens is 463 g/mol. The van der Waals surface area contributed by atoms with Crippen molar-refractivity contribution < 1.29 is 34.9 Å². The van der Waals surface area contributed by atoms with Crippen LogP contribution >= 0.6 is 0 Å². The predicted molar refractivity (Wildman–Crippen MR) is 106 cm³/mol. The zero-order valence-corrected chi connectivity index (χ0v) is 17.9. The van der Waals surface area contributed by atoms with Gasteiger partial charge < -0.3 is 5.32 Å². The van der Waals surface area contributed by atoms with E-state index in [0.717, 1.165) is 30.5 Å². The van der Waals surface area contributed by atoms with E-state index in [0.29, 0.717) is 6.07 Å². The second-order valence-electron chi connectivity index (χ2n) is 6.51. The van der Waals surface area contributed by atoms with Gasteiger partial charge in [0.2, 0.25) is 10.0 Å². The maximum absolute atomic E-state index is 13.0. The number of nitrogens with one attached hydrogen (secondary N) is 2. The molecule has 0 spiro atoms. The van der Waals surface area contributed by atoms with Crippen molar-refractivity contribution in [1.29, 1.82) is 0 Å². The average Bonchev–Trinajstić information content (AvgIpc) is 2.63. The number of sulfone groups is 1. The molecule has 0 aromatic heterocycles. The lowest BCUT2D eigenvalue weighted by atomic mass is 10.1. The van der Waals surface area contributed by atoms with Crippen LogP contribution in [0.5, 0.6) is 0 Å². The first kappa shape index (κ1) is 24.6. The summed E-state index contributed by atoms with van der Waals surface area (Å²) < 4.78 is 88.7. The monoisotopic (exact) mass is 481 g/mol. The van der Waals surface area contributed by atoms with Gasteiger partial charge >= 0.3 is 6.18 Å². The van der Waals surface area contributed by atoms with Crippen LogP contribution in [0, 0.1) is 17.0 Å². The fraction of sp³-hybridized carbons (Fsp3) is 0.294. The molecule has 2 aromatic rings. The molecule has 0 saturated carbocycles. The van der Waals surface area contributed by atoms with E-state index < -0.39 is 47.1 Å². The third kappa shape index (κ3) is 6.15. The first-order valence-corrected chi connectivity index (χ1v) is 11.9. The molecule has 2 N–H and O–H groups in total. The van der Waals surface area contributed by atoms with Gasteiger partial charge in [-0.2, -0.15) is 13.2 Å². The molecule has 9 nitrogen and oxygen atoms in total. The molecule has 0 bridgehead atoms. The summed E-state index contributed by atoms with van der Waals surface area (Å²) in [5, 5.41) is 13.8. The molecule has 31 heavy (non-hydrogen) atoms. The normalized spacial score (nSPS) is 12.5. The molecule has 0 aliphatic carbocycles. The van der Waals surface area contributed by atoms with E-state index in [1.54, 1.807) is 0 Å². The number of benzene rings is 2. The second-order valence-corrected chi connectivity index (χ2v) is 10.3. The molecule has 0 atom stereocenters. The van der Waals surface area contributed by atoms with Gasteiger partial charge in [-0.05, 0) is 36.8 Å². The van der Waals surface area contributed by atoms with Crippen LogP contribution in [0.2, 0.25) is 0 Å². The second kappa shape index (κ2) is 8.80. The van der Waals surface area contributed by atoms with Crippen molar-refractivity contribution in [1.82, 2.24) is 4.72 Å². The maximum Gasteiger partial charge on any atom is 0.416 e. The Balaban J connectivity index is 2.12. The molecule has 0 aliphatic rings. The summed E-state index contributed by atoms with van der Waals surface area (Å²) in [6.45, 7) is 0.747. The average molecular weight is 481 g/mol. The van der Waals surface area contributed by atoms with Crippen LogP contribution in [0.25, 0.3) is 0 Å². The number of nitrogens with zero attached hydrogens (tertiary/aromatic N) is 1. The number of halogens is 3. The summed E-state index contributed by atoms with van der Waals surface area (Å²) in [5.74, 6) is 0. The summed E-state index contributed by atoms with van der Waals surface area (Å²) in [7, 11) is -7.94. The predicted octanol–water partition coefficient (Wildman–Crippen LogP) is 2.72. The Morgan fingerprint density at radius 1 is 1.00 bits per heavy atom. The van der Waals surface area contributed by atoms with Gasteiger partial charge in [0.1, 0.15) is 5.69 Å². The van der Waals surface area contributed by atoms with Crippen LogP contribution in [0.15, 0.2) is 46.2 Å². The molecular formula is C17H18F3N3O6S2. The molecule has 0 unspecified atom stereocenters. The van der Waals surface area contributed by atoms with Crippen LogP contribution in [-0.4, -0.2) is 41.1 Å². The Bertz CT molecular complexity index is 1210. The highest BCUT2D eigenvalue weighted by molar-refractivity contribution is 7.90. The fourth-order valence-corrected chi connectivity index (χ4v) is 4.28. The van der Waals surface area contributed by atoms with Crippen molar-refractivity contribution in [2.75, 3.05) is 24.7 Å². The lowest BCUT2D eigenvalue weighted by Gasteiger charge is -2.13. The zero-order valence-electron chi connectivity index (χ0n) is 16.2. The number of hydrogen-bond acceptors (Lipinski definition) is 7. The SMILES string of the molecule is Cc1ccc(S(=O)(=O)NCCNc2ccc(S(C)(=O)=O)cc2[N+](=O)[O-])cc1C(F)(F)F. The van der Waals surface area contributed by atoms with Crippen LogP contribution < -0.4 is 10.0 Å². The number of anilines is 1. The Labute approximate surface area is 176 Å².